The van der Waals surface area contributed by atoms with Crippen molar-refractivity contribution >= 4 is 46.0 Å². The van der Waals surface area contributed by atoms with Gasteiger partial charge >= 0.3 is 12.1 Å². The molecule has 0 saturated heterocycles. The lowest BCUT2D eigenvalue weighted by Crippen LogP contribution is -2.55. The van der Waals surface area contributed by atoms with Crippen LogP contribution in [-0.4, -0.2) is 64.6 Å². The van der Waals surface area contributed by atoms with E-state index >= 15 is 0 Å². The van der Waals surface area contributed by atoms with Gasteiger partial charge in [0.15, 0.2) is 0 Å². The van der Waals surface area contributed by atoms with Crippen LogP contribution in [0.2, 0.25) is 5.02 Å². The number of benzene rings is 2. The van der Waals surface area contributed by atoms with E-state index in [9.17, 15) is 14.4 Å². The second-order valence-electron chi connectivity index (χ2n) is 11.0. The molecule has 1 atom stereocenters. The fourth-order valence-electron chi connectivity index (χ4n) is 5.21. The zero-order valence-corrected chi connectivity index (χ0v) is 23.3. The number of nitrogens with one attached hydrogen (secondary N) is 1. The number of ether oxygens (including phenoxy) is 2. The highest BCUT2D eigenvalue weighted by Gasteiger charge is 2.39. The molecule has 1 N–H and O–H groups in total. The van der Waals surface area contributed by atoms with Crippen LogP contribution in [0.3, 0.4) is 0 Å². The maximum atomic E-state index is 14.0. The van der Waals surface area contributed by atoms with Gasteiger partial charge in [-0.2, -0.15) is 0 Å². The summed E-state index contributed by atoms with van der Waals surface area (Å²) in [7, 11) is 1.33. The number of nitrogens with zero attached hydrogens (tertiary/aromatic N) is 2. The third-order valence-electron chi connectivity index (χ3n) is 7.09. The number of H-pyrrole nitrogens is 1. The van der Waals surface area contributed by atoms with Crippen LogP contribution in [0.25, 0.3) is 16.5 Å². The van der Waals surface area contributed by atoms with Gasteiger partial charge in [-0.25, -0.2) is 9.59 Å². The Hall–Kier alpha value is -3.78. The topological polar surface area (TPSA) is 91.9 Å². The van der Waals surface area contributed by atoms with Gasteiger partial charge in [0.1, 0.15) is 17.3 Å². The molecule has 0 aliphatic carbocycles. The molecule has 0 saturated carbocycles. The first-order valence-corrected chi connectivity index (χ1v) is 13.4. The highest BCUT2D eigenvalue weighted by molar-refractivity contribution is 6.35. The molecule has 0 spiro atoms. The van der Waals surface area contributed by atoms with Crippen molar-refractivity contribution in [1.29, 1.82) is 0 Å². The largest absolute Gasteiger partial charge is 0.464 e. The quantitative estimate of drug-likeness (QED) is 0.430. The van der Waals surface area contributed by atoms with Gasteiger partial charge in [-0.1, -0.05) is 41.9 Å². The normalized spacial score (nSPS) is 17.5. The van der Waals surface area contributed by atoms with Crippen molar-refractivity contribution in [2.24, 2.45) is 0 Å². The molecule has 0 radical (unpaired) electrons. The summed E-state index contributed by atoms with van der Waals surface area (Å²) in [6, 6.07) is 12.7. The smallest absolute Gasteiger partial charge is 0.411 e. The average molecular weight is 550 g/mol. The van der Waals surface area contributed by atoms with E-state index in [-0.39, 0.29) is 5.91 Å². The van der Waals surface area contributed by atoms with Crippen LogP contribution in [0.4, 0.5) is 4.79 Å². The Bertz CT molecular complexity index is 1490. The number of esters is 1. The molecule has 3 heterocycles. The summed E-state index contributed by atoms with van der Waals surface area (Å²) in [6.45, 7) is 6.71. The Morgan fingerprint density at radius 1 is 1.05 bits per heavy atom. The Labute approximate surface area is 232 Å². The maximum Gasteiger partial charge on any atom is 0.411 e. The van der Waals surface area contributed by atoms with Gasteiger partial charge < -0.3 is 19.4 Å². The zero-order chi connectivity index (χ0) is 27.9. The van der Waals surface area contributed by atoms with Gasteiger partial charge in [0.2, 0.25) is 5.91 Å². The number of amides is 2. The van der Waals surface area contributed by atoms with Crippen LogP contribution >= 0.6 is 11.6 Å². The van der Waals surface area contributed by atoms with Crippen molar-refractivity contribution in [1.82, 2.24) is 14.8 Å². The summed E-state index contributed by atoms with van der Waals surface area (Å²) in [5.41, 5.74) is 4.25. The molecule has 2 aromatic carbocycles. The summed E-state index contributed by atoms with van der Waals surface area (Å²) >= 11 is 6.58. The molecule has 8 nitrogen and oxygen atoms in total. The van der Waals surface area contributed by atoms with E-state index in [1.807, 2.05) is 57.2 Å². The van der Waals surface area contributed by atoms with E-state index in [1.165, 1.54) is 7.11 Å². The van der Waals surface area contributed by atoms with E-state index in [2.05, 4.69) is 11.1 Å². The molecule has 1 aromatic heterocycles. The van der Waals surface area contributed by atoms with E-state index < -0.39 is 23.7 Å². The monoisotopic (exact) mass is 549 g/mol. The Balaban J connectivity index is 1.40. The molecule has 2 aliphatic heterocycles. The molecule has 39 heavy (non-hydrogen) atoms. The molecular weight excluding hydrogens is 518 g/mol. The predicted molar refractivity (Wildman–Crippen MR) is 150 cm³/mol. The first-order chi connectivity index (χ1) is 18.5. The first-order valence-electron chi connectivity index (χ1n) is 13.0. The summed E-state index contributed by atoms with van der Waals surface area (Å²) in [4.78, 5) is 45.6. The molecule has 0 fully saturated rings. The minimum Gasteiger partial charge on any atom is -0.464 e. The standard InChI is InChI=1S/C30H32ClN3O5/c1-30(2,3)39-29(37)34-17-20-9-6-5-8-18(20)14-26(34)27(35)33-11-7-10-19(16-33)21-12-23(31)22-15-25(28(36)38-4)32-24(22)13-21/h5-6,8-10,12-13,15,26,32H,7,11,14,16-17H2,1-4H3. The highest BCUT2D eigenvalue weighted by Crippen LogP contribution is 2.32. The van der Waals surface area contributed by atoms with Crippen LogP contribution in [0, 0.1) is 0 Å². The molecule has 2 amide bonds. The fraction of sp³-hybridized carbons (Fsp3) is 0.367. The number of fused-ring (bicyclic) bond motifs is 2. The lowest BCUT2D eigenvalue weighted by molar-refractivity contribution is -0.137. The Morgan fingerprint density at radius 3 is 2.51 bits per heavy atom. The summed E-state index contributed by atoms with van der Waals surface area (Å²) < 4.78 is 10.5. The summed E-state index contributed by atoms with van der Waals surface area (Å²) in [5.74, 6) is -0.581. The third-order valence-corrected chi connectivity index (χ3v) is 7.40. The van der Waals surface area contributed by atoms with E-state index in [1.54, 1.807) is 15.9 Å². The van der Waals surface area contributed by atoms with Gasteiger partial charge in [-0.05, 0) is 67.7 Å². The summed E-state index contributed by atoms with van der Waals surface area (Å²) in [6.07, 6.45) is 2.71. The van der Waals surface area contributed by atoms with Crippen molar-refractivity contribution in [3.8, 4) is 0 Å². The highest BCUT2D eigenvalue weighted by atomic mass is 35.5. The molecule has 204 valence electrons. The number of hydrogen-bond donors (Lipinski definition) is 1. The summed E-state index contributed by atoms with van der Waals surface area (Å²) in [5, 5.41) is 1.22. The van der Waals surface area contributed by atoms with E-state index in [4.69, 9.17) is 21.1 Å². The van der Waals surface area contributed by atoms with Crippen molar-refractivity contribution in [2.45, 2.75) is 51.8 Å². The van der Waals surface area contributed by atoms with Crippen molar-refractivity contribution in [3.05, 3.63) is 75.9 Å². The zero-order valence-electron chi connectivity index (χ0n) is 22.5. The van der Waals surface area contributed by atoms with Crippen molar-refractivity contribution in [3.63, 3.8) is 0 Å². The van der Waals surface area contributed by atoms with Crippen LogP contribution in [-0.2, 0) is 27.2 Å². The maximum absolute atomic E-state index is 14.0. The van der Waals surface area contributed by atoms with E-state index in [0.717, 1.165) is 27.6 Å². The number of rotatable bonds is 3. The van der Waals surface area contributed by atoms with Gasteiger partial charge in [-0.15, -0.1) is 0 Å². The third kappa shape index (κ3) is 5.52. The molecule has 3 aromatic rings. The molecule has 9 heteroatoms. The van der Waals surface area contributed by atoms with Crippen LogP contribution in [0.15, 0.2) is 48.5 Å². The van der Waals surface area contributed by atoms with Gasteiger partial charge in [0, 0.05) is 30.4 Å². The molecule has 0 bridgehead atoms. The second-order valence-corrected chi connectivity index (χ2v) is 11.4. The fourth-order valence-corrected chi connectivity index (χ4v) is 5.48. The molecule has 1 unspecified atom stereocenters. The van der Waals surface area contributed by atoms with Crippen LogP contribution in [0.5, 0.6) is 0 Å². The van der Waals surface area contributed by atoms with Crippen molar-refractivity contribution < 1.29 is 23.9 Å². The number of aromatic amines is 1. The lowest BCUT2D eigenvalue weighted by Gasteiger charge is -2.40. The molecule has 2 aliphatic rings. The SMILES string of the molecule is COC(=O)c1cc2c(Cl)cc(C3=CCCN(C(=O)C4Cc5ccccc5CN4C(=O)OC(C)(C)C)C3)cc2[nH]1. The second kappa shape index (κ2) is 10.4. The average Bonchev–Trinajstić information content (AvgIpc) is 3.35. The minimum atomic E-state index is -0.674. The van der Waals surface area contributed by atoms with Gasteiger partial charge in [0.25, 0.3) is 0 Å². The number of methoxy groups -OCH3 is 1. The number of carbonyl (C=O) groups is 3. The Kier molecular flexibility index (Phi) is 7.16. The number of aromatic nitrogens is 1. The molecule has 5 rings (SSSR count). The lowest BCUT2D eigenvalue weighted by atomic mass is 9.92. The predicted octanol–water partition coefficient (Wildman–Crippen LogP) is 5.59. The first kappa shape index (κ1) is 26.8. The number of hydrogen-bond acceptors (Lipinski definition) is 5. The van der Waals surface area contributed by atoms with Gasteiger partial charge in [-0.3, -0.25) is 9.69 Å². The Morgan fingerprint density at radius 2 is 1.79 bits per heavy atom. The molecular formula is C30H32ClN3O5. The number of carbonyl (C=O) groups excluding carboxylic acids is 3. The minimum absolute atomic E-state index is 0.110. The number of halogens is 1. The van der Waals surface area contributed by atoms with Gasteiger partial charge in [0.05, 0.1) is 18.7 Å². The van der Waals surface area contributed by atoms with Crippen LogP contribution < -0.4 is 0 Å². The van der Waals surface area contributed by atoms with E-state index in [0.29, 0.717) is 48.7 Å². The van der Waals surface area contributed by atoms with Crippen molar-refractivity contribution in [2.75, 3.05) is 20.2 Å². The van der Waals surface area contributed by atoms with Crippen LogP contribution in [0.1, 0.15) is 54.4 Å².